The molecule has 7 heteroatoms. The lowest BCUT2D eigenvalue weighted by atomic mass is 10.2. The van der Waals surface area contributed by atoms with E-state index in [4.69, 9.17) is 47.0 Å². The Kier molecular flexibility index (Phi) is 7.06. The standard InChI is InChI=1S/C17H13Cl3N2OS/c18-13-7-5-12(15(20)9-13)10-21-17(24)22-16(23)8-6-11-3-1-2-4-14(11)19/h1-9H,10H2,(H2,21,22,23,24)/b8-6+. The molecule has 0 aromatic heterocycles. The third-order valence-corrected chi connectivity index (χ3v) is 4.19. The molecule has 2 aromatic carbocycles. The van der Waals surface area contributed by atoms with Gasteiger partial charge in [0.25, 0.3) is 0 Å². The highest BCUT2D eigenvalue weighted by atomic mass is 35.5. The van der Waals surface area contributed by atoms with Crippen molar-refractivity contribution in [3.8, 4) is 0 Å². The second-order valence-corrected chi connectivity index (χ2v) is 6.42. The fraction of sp³-hybridized carbons (Fsp3) is 0.0588. The molecule has 0 radical (unpaired) electrons. The summed E-state index contributed by atoms with van der Waals surface area (Å²) in [4.78, 5) is 11.8. The van der Waals surface area contributed by atoms with Gasteiger partial charge in [0, 0.05) is 27.7 Å². The third kappa shape index (κ3) is 5.80. The van der Waals surface area contributed by atoms with E-state index in [1.165, 1.54) is 6.08 Å². The number of hydrogen-bond acceptors (Lipinski definition) is 2. The number of rotatable bonds is 4. The van der Waals surface area contributed by atoms with Crippen LogP contribution in [0.5, 0.6) is 0 Å². The number of thiocarbonyl (C=S) groups is 1. The van der Waals surface area contributed by atoms with E-state index >= 15 is 0 Å². The van der Waals surface area contributed by atoms with Gasteiger partial charge in [-0.25, -0.2) is 0 Å². The Balaban J connectivity index is 1.85. The molecule has 2 N–H and O–H groups in total. The fourth-order valence-electron chi connectivity index (χ4n) is 1.81. The van der Waals surface area contributed by atoms with Crippen LogP contribution >= 0.6 is 47.0 Å². The van der Waals surface area contributed by atoms with E-state index in [0.717, 1.165) is 11.1 Å². The maximum Gasteiger partial charge on any atom is 0.250 e. The summed E-state index contributed by atoms with van der Waals surface area (Å²) in [5.74, 6) is -0.352. The van der Waals surface area contributed by atoms with Crippen molar-refractivity contribution in [1.29, 1.82) is 0 Å². The number of halogens is 3. The second kappa shape index (κ2) is 9.04. The zero-order valence-electron chi connectivity index (χ0n) is 12.4. The second-order valence-electron chi connectivity index (χ2n) is 4.76. The van der Waals surface area contributed by atoms with Gasteiger partial charge in [0.2, 0.25) is 5.91 Å². The van der Waals surface area contributed by atoms with E-state index in [-0.39, 0.29) is 11.0 Å². The topological polar surface area (TPSA) is 41.1 Å². The summed E-state index contributed by atoms with van der Waals surface area (Å²) < 4.78 is 0. The van der Waals surface area contributed by atoms with Crippen LogP contribution in [-0.4, -0.2) is 11.0 Å². The molecule has 0 saturated heterocycles. The summed E-state index contributed by atoms with van der Waals surface area (Å²) in [6.07, 6.45) is 2.99. The van der Waals surface area contributed by atoms with Gasteiger partial charge < -0.3 is 5.32 Å². The molecule has 124 valence electrons. The Labute approximate surface area is 160 Å². The van der Waals surface area contributed by atoms with Gasteiger partial charge in [-0.3, -0.25) is 10.1 Å². The van der Waals surface area contributed by atoms with Gasteiger partial charge in [0.1, 0.15) is 0 Å². The van der Waals surface area contributed by atoms with E-state index in [9.17, 15) is 4.79 Å². The molecule has 0 atom stereocenters. The van der Waals surface area contributed by atoms with Gasteiger partial charge in [0.15, 0.2) is 5.11 Å². The lowest BCUT2D eigenvalue weighted by molar-refractivity contribution is -0.115. The SMILES string of the molecule is O=C(/C=C/c1ccccc1Cl)NC(=S)NCc1ccc(Cl)cc1Cl. The monoisotopic (exact) mass is 398 g/mol. The van der Waals surface area contributed by atoms with Crippen molar-refractivity contribution < 1.29 is 4.79 Å². The van der Waals surface area contributed by atoms with Crippen molar-refractivity contribution in [2.24, 2.45) is 0 Å². The Hall–Kier alpha value is -1.59. The Morgan fingerprint density at radius 3 is 2.54 bits per heavy atom. The molecule has 24 heavy (non-hydrogen) atoms. The summed E-state index contributed by atoms with van der Waals surface area (Å²) in [5, 5.41) is 7.33. The van der Waals surface area contributed by atoms with Crippen LogP contribution in [0, 0.1) is 0 Å². The number of amides is 1. The van der Waals surface area contributed by atoms with Crippen LogP contribution in [0.4, 0.5) is 0 Å². The first-order chi connectivity index (χ1) is 11.5. The summed E-state index contributed by atoms with van der Waals surface area (Å²) in [7, 11) is 0. The predicted molar refractivity (Wildman–Crippen MR) is 105 cm³/mol. The van der Waals surface area contributed by atoms with E-state index < -0.39 is 0 Å². The highest BCUT2D eigenvalue weighted by Gasteiger charge is 2.04. The molecule has 0 saturated carbocycles. The minimum atomic E-state index is -0.352. The van der Waals surface area contributed by atoms with Gasteiger partial charge in [-0.2, -0.15) is 0 Å². The summed E-state index contributed by atoms with van der Waals surface area (Å²) >= 11 is 23.0. The first kappa shape index (κ1) is 18.7. The Morgan fingerprint density at radius 1 is 1.08 bits per heavy atom. The number of hydrogen-bond donors (Lipinski definition) is 2. The molecular weight excluding hydrogens is 387 g/mol. The van der Waals surface area contributed by atoms with Crippen molar-refractivity contribution in [3.05, 3.63) is 74.7 Å². The van der Waals surface area contributed by atoms with Crippen molar-refractivity contribution in [2.45, 2.75) is 6.54 Å². The number of nitrogens with one attached hydrogen (secondary N) is 2. The minimum Gasteiger partial charge on any atom is -0.358 e. The lowest BCUT2D eigenvalue weighted by Gasteiger charge is -2.09. The third-order valence-electron chi connectivity index (χ3n) is 3.01. The van der Waals surface area contributed by atoms with Gasteiger partial charge >= 0.3 is 0 Å². The molecule has 0 unspecified atom stereocenters. The van der Waals surface area contributed by atoms with E-state index in [0.29, 0.717) is 21.6 Å². The van der Waals surface area contributed by atoms with Crippen LogP contribution in [0.1, 0.15) is 11.1 Å². The zero-order valence-corrected chi connectivity index (χ0v) is 15.4. The molecule has 0 heterocycles. The summed E-state index contributed by atoms with van der Waals surface area (Å²) in [6.45, 7) is 0.378. The van der Waals surface area contributed by atoms with Crippen LogP contribution in [0.15, 0.2) is 48.5 Å². The van der Waals surface area contributed by atoms with Crippen LogP contribution in [0.2, 0.25) is 15.1 Å². The molecule has 0 fully saturated rings. The summed E-state index contributed by atoms with van der Waals surface area (Å²) in [5.41, 5.74) is 1.57. The predicted octanol–water partition coefficient (Wildman–Crippen LogP) is 4.85. The normalized spacial score (nSPS) is 10.6. The number of benzene rings is 2. The molecule has 0 spiro atoms. The van der Waals surface area contributed by atoms with Gasteiger partial charge in [-0.05, 0) is 47.6 Å². The Morgan fingerprint density at radius 2 is 1.83 bits per heavy atom. The maximum atomic E-state index is 11.8. The van der Waals surface area contributed by atoms with Crippen molar-refractivity contribution in [3.63, 3.8) is 0 Å². The zero-order chi connectivity index (χ0) is 17.5. The van der Waals surface area contributed by atoms with Crippen molar-refractivity contribution >= 4 is 64.1 Å². The van der Waals surface area contributed by atoms with E-state index in [1.54, 1.807) is 30.3 Å². The van der Waals surface area contributed by atoms with Crippen LogP contribution in [0.25, 0.3) is 6.08 Å². The first-order valence-electron chi connectivity index (χ1n) is 6.91. The smallest absolute Gasteiger partial charge is 0.250 e. The number of carbonyl (C=O) groups is 1. The van der Waals surface area contributed by atoms with Gasteiger partial charge in [-0.1, -0.05) is 59.1 Å². The molecule has 2 rings (SSSR count). The Bertz CT molecular complexity index is 793. The minimum absolute atomic E-state index is 0.204. The number of carbonyl (C=O) groups excluding carboxylic acids is 1. The molecule has 0 aliphatic carbocycles. The van der Waals surface area contributed by atoms with E-state index in [1.807, 2.05) is 18.2 Å². The highest BCUT2D eigenvalue weighted by molar-refractivity contribution is 7.80. The van der Waals surface area contributed by atoms with Gasteiger partial charge in [0.05, 0.1) is 0 Å². The largest absolute Gasteiger partial charge is 0.358 e. The first-order valence-corrected chi connectivity index (χ1v) is 8.45. The molecule has 2 aromatic rings. The van der Waals surface area contributed by atoms with Crippen molar-refractivity contribution in [2.75, 3.05) is 0 Å². The summed E-state index contributed by atoms with van der Waals surface area (Å²) in [6, 6.07) is 12.4. The lowest BCUT2D eigenvalue weighted by Crippen LogP contribution is -2.38. The average Bonchev–Trinajstić information content (AvgIpc) is 2.53. The molecule has 3 nitrogen and oxygen atoms in total. The quantitative estimate of drug-likeness (QED) is 0.570. The molecule has 0 aliphatic rings. The average molecular weight is 400 g/mol. The van der Waals surface area contributed by atoms with Crippen LogP contribution in [-0.2, 0) is 11.3 Å². The molecular formula is C17H13Cl3N2OS. The van der Waals surface area contributed by atoms with Crippen LogP contribution < -0.4 is 10.6 Å². The highest BCUT2D eigenvalue weighted by Crippen LogP contribution is 2.20. The van der Waals surface area contributed by atoms with Crippen molar-refractivity contribution in [1.82, 2.24) is 10.6 Å². The van der Waals surface area contributed by atoms with Crippen LogP contribution in [0.3, 0.4) is 0 Å². The van der Waals surface area contributed by atoms with Gasteiger partial charge in [-0.15, -0.1) is 0 Å². The molecule has 0 bridgehead atoms. The molecule has 0 aliphatic heterocycles. The maximum absolute atomic E-state index is 11.8. The fourth-order valence-corrected chi connectivity index (χ4v) is 2.66. The van der Waals surface area contributed by atoms with E-state index in [2.05, 4.69) is 10.6 Å². The molecule has 1 amide bonds.